The topological polar surface area (TPSA) is 67.9 Å². The zero-order valence-corrected chi connectivity index (χ0v) is 17.4. The van der Waals surface area contributed by atoms with Gasteiger partial charge in [-0.3, -0.25) is 9.59 Å². The summed E-state index contributed by atoms with van der Waals surface area (Å²) >= 11 is 0. The summed E-state index contributed by atoms with van der Waals surface area (Å²) in [5.74, 6) is 1.04. The molecule has 2 amide bonds. The van der Waals surface area contributed by atoms with Crippen molar-refractivity contribution in [1.29, 1.82) is 0 Å². The van der Waals surface area contributed by atoms with Crippen molar-refractivity contribution in [3.8, 4) is 11.5 Å². The number of aryl methyl sites for hydroxylation is 1. The number of carbonyl (C=O) groups is 2. The molecule has 1 atom stereocenters. The van der Waals surface area contributed by atoms with Crippen molar-refractivity contribution < 1.29 is 19.1 Å². The van der Waals surface area contributed by atoms with E-state index >= 15 is 0 Å². The molecule has 0 spiro atoms. The van der Waals surface area contributed by atoms with Crippen molar-refractivity contribution in [2.45, 2.75) is 40.3 Å². The summed E-state index contributed by atoms with van der Waals surface area (Å²) in [6, 6.07) is 12.4. The number of fused-ring (bicyclic) bond motifs is 1. The number of carbonyl (C=O) groups excluding carboxylic acids is 2. The third-order valence-electron chi connectivity index (χ3n) is 5.00. The van der Waals surface area contributed by atoms with Crippen LogP contribution in [0.1, 0.15) is 42.3 Å². The largest absolute Gasteiger partial charge is 0.454 e. The van der Waals surface area contributed by atoms with Crippen molar-refractivity contribution in [3.63, 3.8) is 0 Å². The van der Waals surface area contributed by atoms with Crippen LogP contribution >= 0.6 is 0 Å². The van der Waals surface area contributed by atoms with Gasteiger partial charge >= 0.3 is 0 Å². The molecule has 1 aliphatic heterocycles. The lowest BCUT2D eigenvalue weighted by molar-refractivity contribution is -0.134. The first kappa shape index (κ1) is 20.7. The predicted molar refractivity (Wildman–Crippen MR) is 111 cm³/mol. The fraction of sp³-hybridized carbons (Fsp3) is 0.391. The SMILES string of the molecule is CCN(Cc1ccc2c(c1)OCO2)C(=O)C(NC(=O)c1cccc(C)c1)C(C)C. The van der Waals surface area contributed by atoms with Crippen molar-refractivity contribution in [2.75, 3.05) is 13.3 Å². The third-order valence-corrected chi connectivity index (χ3v) is 5.00. The van der Waals surface area contributed by atoms with Crippen molar-refractivity contribution in [2.24, 2.45) is 5.92 Å². The molecule has 3 rings (SSSR count). The van der Waals surface area contributed by atoms with E-state index in [1.807, 2.05) is 64.1 Å². The molecule has 6 nitrogen and oxygen atoms in total. The van der Waals surface area contributed by atoms with E-state index in [9.17, 15) is 9.59 Å². The molecule has 6 heteroatoms. The average molecular weight is 396 g/mol. The van der Waals surface area contributed by atoms with Crippen LogP contribution in [0.15, 0.2) is 42.5 Å². The summed E-state index contributed by atoms with van der Waals surface area (Å²) in [4.78, 5) is 27.7. The highest BCUT2D eigenvalue weighted by Gasteiger charge is 2.28. The number of ether oxygens (including phenoxy) is 2. The second-order valence-corrected chi connectivity index (χ2v) is 7.60. The number of hydrogen-bond donors (Lipinski definition) is 1. The standard InChI is InChI=1S/C23H28N2O4/c1-5-25(13-17-9-10-19-20(12-17)29-14-28-19)23(27)21(15(2)3)24-22(26)18-8-6-7-16(4)11-18/h6-12,15,21H,5,13-14H2,1-4H3,(H,24,26). The molecule has 1 heterocycles. The van der Waals surface area contributed by atoms with Crippen LogP contribution in [0.25, 0.3) is 0 Å². The second kappa shape index (κ2) is 8.99. The molecule has 1 N–H and O–H groups in total. The highest BCUT2D eigenvalue weighted by Crippen LogP contribution is 2.32. The highest BCUT2D eigenvalue weighted by atomic mass is 16.7. The average Bonchev–Trinajstić information content (AvgIpc) is 3.17. The van der Waals surface area contributed by atoms with Gasteiger partial charge in [0.1, 0.15) is 6.04 Å². The molecule has 0 saturated carbocycles. The van der Waals surface area contributed by atoms with Crippen molar-refractivity contribution >= 4 is 11.8 Å². The minimum absolute atomic E-state index is 0.0398. The Balaban J connectivity index is 1.73. The number of amides is 2. The van der Waals surface area contributed by atoms with Crippen LogP contribution in [-0.4, -0.2) is 36.1 Å². The summed E-state index contributed by atoms with van der Waals surface area (Å²) in [5.41, 5.74) is 2.52. The van der Waals surface area contributed by atoms with Crippen molar-refractivity contribution in [1.82, 2.24) is 10.2 Å². The molecule has 0 aliphatic carbocycles. The summed E-state index contributed by atoms with van der Waals surface area (Å²) in [6.07, 6.45) is 0. The van der Waals surface area contributed by atoms with Gasteiger partial charge in [0.05, 0.1) is 0 Å². The Hall–Kier alpha value is -3.02. The van der Waals surface area contributed by atoms with E-state index in [4.69, 9.17) is 9.47 Å². The molecule has 0 radical (unpaired) electrons. The number of benzene rings is 2. The third kappa shape index (κ3) is 4.88. The molecule has 0 aromatic heterocycles. The minimum Gasteiger partial charge on any atom is -0.454 e. The first-order valence-electron chi connectivity index (χ1n) is 9.94. The maximum atomic E-state index is 13.2. The van der Waals surface area contributed by atoms with Crippen molar-refractivity contribution in [3.05, 3.63) is 59.2 Å². The van der Waals surface area contributed by atoms with Crippen LogP contribution in [0.4, 0.5) is 0 Å². The molecule has 0 bridgehead atoms. The highest BCUT2D eigenvalue weighted by molar-refractivity contribution is 5.97. The first-order valence-corrected chi connectivity index (χ1v) is 9.94. The molecule has 2 aromatic carbocycles. The van der Waals surface area contributed by atoms with Crippen LogP contribution in [0, 0.1) is 12.8 Å². The Labute approximate surface area is 171 Å². The van der Waals surface area contributed by atoms with Gasteiger partial charge in [-0.15, -0.1) is 0 Å². The Kier molecular flexibility index (Phi) is 6.42. The van der Waals surface area contributed by atoms with Crippen LogP contribution in [0.2, 0.25) is 0 Å². The van der Waals surface area contributed by atoms with E-state index in [0.29, 0.717) is 30.2 Å². The van der Waals surface area contributed by atoms with Crippen LogP contribution in [0.5, 0.6) is 11.5 Å². The molecule has 0 saturated heterocycles. The monoisotopic (exact) mass is 396 g/mol. The van der Waals surface area contributed by atoms with Gasteiger partial charge in [0.25, 0.3) is 5.91 Å². The lowest BCUT2D eigenvalue weighted by atomic mass is 10.0. The van der Waals surface area contributed by atoms with Gasteiger partial charge in [0.15, 0.2) is 11.5 Å². The summed E-state index contributed by atoms with van der Waals surface area (Å²) in [6.45, 7) is 8.94. The van der Waals surface area contributed by atoms with Crippen LogP contribution in [0.3, 0.4) is 0 Å². The number of hydrogen-bond acceptors (Lipinski definition) is 4. The molecule has 0 fully saturated rings. The minimum atomic E-state index is -0.600. The Bertz CT molecular complexity index is 894. The molecular weight excluding hydrogens is 368 g/mol. The van der Waals surface area contributed by atoms with Gasteiger partial charge in [-0.1, -0.05) is 37.6 Å². The quantitative estimate of drug-likeness (QED) is 0.778. The molecule has 154 valence electrons. The fourth-order valence-electron chi connectivity index (χ4n) is 3.33. The van der Waals surface area contributed by atoms with E-state index < -0.39 is 6.04 Å². The zero-order valence-electron chi connectivity index (χ0n) is 17.4. The van der Waals surface area contributed by atoms with Gasteiger partial charge in [-0.2, -0.15) is 0 Å². The van der Waals surface area contributed by atoms with Gasteiger partial charge < -0.3 is 19.7 Å². The number of likely N-dealkylation sites (N-methyl/N-ethyl adjacent to an activating group) is 1. The normalized spacial score (nSPS) is 13.3. The van der Waals surface area contributed by atoms with Crippen LogP contribution < -0.4 is 14.8 Å². The maximum Gasteiger partial charge on any atom is 0.251 e. The van der Waals surface area contributed by atoms with E-state index in [2.05, 4.69) is 5.32 Å². The summed E-state index contributed by atoms with van der Waals surface area (Å²) in [5, 5.41) is 2.93. The van der Waals surface area contributed by atoms with E-state index in [1.54, 1.807) is 11.0 Å². The lowest BCUT2D eigenvalue weighted by Gasteiger charge is -2.29. The molecule has 1 aliphatic rings. The van der Waals surface area contributed by atoms with Gasteiger partial charge in [-0.05, 0) is 49.6 Å². The molecular formula is C23H28N2O4. The Morgan fingerprint density at radius 1 is 1.10 bits per heavy atom. The van der Waals surface area contributed by atoms with E-state index in [1.165, 1.54) is 0 Å². The number of nitrogens with zero attached hydrogens (tertiary/aromatic N) is 1. The maximum absolute atomic E-state index is 13.2. The smallest absolute Gasteiger partial charge is 0.251 e. The lowest BCUT2D eigenvalue weighted by Crippen LogP contribution is -2.51. The Morgan fingerprint density at radius 2 is 1.86 bits per heavy atom. The molecule has 29 heavy (non-hydrogen) atoms. The summed E-state index contributed by atoms with van der Waals surface area (Å²) in [7, 11) is 0. The van der Waals surface area contributed by atoms with Gasteiger partial charge in [0, 0.05) is 18.7 Å². The predicted octanol–water partition coefficient (Wildman–Crippen LogP) is 3.53. The first-order chi connectivity index (χ1) is 13.9. The van der Waals surface area contributed by atoms with Gasteiger partial charge in [-0.25, -0.2) is 0 Å². The van der Waals surface area contributed by atoms with Gasteiger partial charge in [0.2, 0.25) is 12.7 Å². The van der Waals surface area contributed by atoms with Crippen LogP contribution in [-0.2, 0) is 11.3 Å². The molecule has 1 unspecified atom stereocenters. The fourth-order valence-corrected chi connectivity index (χ4v) is 3.33. The Morgan fingerprint density at radius 3 is 2.55 bits per heavy atom. The second-order valence-electron chi connectivity index (χ2n) is 7.60. The summed E-state index contributed by atoms with van der Waals surface area (Å²) < 4.78 is 10.8. The molecule has 2 aromatic rings. The zero-order chi connectivity index (χ0) is 21.0. The van der Waals surface area contributed by atoms with E-state index in [-0.39, 0.29) is 24.5 Å². The van der Waals surface area contributed by atoms with E-state index in [0.717, 1.165) is 11.1 Å². The number of nitrogens with one attached hydrogen (secondary N) is 1. The number of rotatable bonds is 7.